The zero-order chi connectivity index (χ0) is 13.4. The standard InChI is InChI=1S/C12H20N4O2/c1-2-8-18-10-5-3-4-9(11(10)13)15-6-7-16-12(14)17/h3-5,15H,2,6-8,13H2,1H3,(H3,14,16,17). The maximum absolute atomic E-state index is 10.5. The molecule has 0 saturated carbocycles. The van der Waals surface area contributed by atoms with Crippen LogP contribution in [-0.4, -0.2) is 25.7 Å². The predicted octanol–water partition coefficient (Wildman–Crippen LogP) is 1.14. The molecule has 18 heavy (non-hydrogen) atoms. The number of hydrogen-bond acceptors (Lipinski definition) is 4. The summed E-state index contributed by atoms with van der Waals surface area (Å²) in [7, 11) is 0. The summed E-state index contributed by atoms with van der Waals surface area (Å²) in [5, 5.41) is 5.60. The van der Waals surface area contributed by atoms with Gasteiger partial charge in [0.1, 0.15) is 5.75 Å². The van der Waals surface area contributed by atoms with Gasteiger partial charge in [0, 0.05) is 13.1 Å². The third kappa shape index (κ3) is 4.40. The quantitative estimate of drug-likeness (QED) is 0.431. The molecule has 0 radical (unpaired) electrons. The van der Waals surface area contributed by atoms with Crippen LogP contribution < -0.4 is 26.8 Å². The van der Waals surface area contributed by atoms with Crippen LogP contribution in [0.2, 0.25) is 0 Å². The molecular weight excluding hydrogens is 232 g/mol. The van der Waals surface area contributed by atoms with E-state index in [-0.39, 0.29) is 0 Å². The number of anilines is 2. The average molecular weight is 252 g/mol. The van der Waals surface area contributed by atoms with Crippen LogP contribution in [0.4, 0.5) is 16.2 Å². The van der Waals surface area contributed by atoms with Crippen LogP contribution in [0.15, 0.2) is 18.2 Å². The van der Waals surface area contributed by atoms with Gasteiger partial charge in [-0.15, -0.1) is 0 Å². The van der Waals surface area contributed by atoms with Gasteiger partial charge in [-0.2, -0.15) is 0 Å². The number of rotatable bonds is 7. The molecule has 1 aromatic carbocycles. The molecule has 0 unspecified atom stereocenters. The molecule has 0 fully saturated rings. The van der Waals surface area contributed by atoms with Crippen LogP contribution in [0, 0.1) is 0 Å². The molecule has 0 saturated heterocycles. The topological polar surface area (TPSA) is 102 Å². The van der Waals surface area contributed by atoms with E-state index < -0.39 is 6.03 Å². The van der Waals surface area contributed by atoms with Gasteiger partial charge in [-0.05, 0) is 18.6 Å². The highest BCUT2D eigenvalue weighted by Crippen LogP contribution is 2.29. The minimum atomic E-state index is -0.537. The Kier molecular flexibility index (Phi) is 5.63. The Morgan fingerprint density at radius 2 is 2.17 bits per heavy atom. The van der Waals surface area contributed by atoms with Crippen molar-refractivity contribution in [3.05, 3.63) is 18.2 Å². The Morgan fingerprint density at radius 1 is 1.39 bits per heavy atom. The van der Waals surface area contributed by atoms with Crippen LogP contribution in [0.1, 0.15) is 13.3 Å². The SMILES string of the molecule is CCCOc1cccc(NCCNC(N)=O)c1N. The maximum atomic E-state index is 10.5. The summed E-state index contributed by atoms with van der Waals surface area (Å²) >= 11 is 0. The van der Waals surface area contributed by atoms with Crippen molar-refractivity contribution in [2.24, 2.45) is 5.73 Å². The minimum Gasteiger partial charge on any atom is -0.491 e. The second kappa shape index (κ2) is 7.26. The lowest BCUT2D eigenvalue weighted by molar-refractivity contribution is 0.249. The van der Waals surface area contributed by atoms with Gasteiger partial charge in [0.15, 0.2) is 0 Å². The molecule has 0 spiro atoms. The first kappa shape index (κ1) is 14.0. The molecule has 2 amide bonds. The highest BCUT2D eigenvalue weighted by Gasteiger charge is 2.05. The molecule has 0 aliphatic heterocycles. The Hall–Kier alpha value is -2.11. The van der Waals surface area contributed by atoms with E-state index in [0.717, 1.165) is 12.1 Å². The summed E-state index contributed by atoms with van der Waals surface area (Å²) in [6, 6.07) is 5.02. The number of amides is 2. The van der Waals surface area contributed by atoms with Crippen molar-refractivity contribution in [2.45, 2.75) is 13.3 Å². The summed E-state index contributed by atoms with van der Waals surface area (Å²) in [5.41, 5.74) is 12.3. The normalized spacial score (nSPS) is 9.83. The van der Waals surface area contributed by atoms with Crippen LogP contribution >= 0.6 is 0 Å². The Bertz CT molecular complexity index is 396. The monoisotopic (exact) mass is 252 g/mol. The van der Waals surface area contributed by atoms with Crippen molar-refractivity contribution >= 4 is 17.4 Å². The van der Waals surface area contributed by atoms with Gasteiger partial charge >= 0.3 is 6.03 Å². The molecule has 6 nitrogen and oxygen atoms in total. The molecule has 0 heterocycles. The number of hydrogen-bond donors (Lipinski definition) is 4. The first-order chi connectivity index (χ1) is 8.65. The van der Waals surface area contributed by atoms with Crippen molar-refractivity contribution in [1.82, 2.24) is 5.32 Å². The highest BCUT2D eigenvalue weighted by molar-refractivity contribution is 5.73. The van der Waals surface area contributed by atoms with E-state index in [1.165, 1.54) is 0 Å². The van der Waals surface area contributed by atoms with Crippen molar-refractivity contribution in [2.75, 3.05) is 30.7 Å². The van der Waals surface area contributed by atoms with Crippen LogP contribution in [0.3, 0.4) is 0 Å². The summed E-state index contributed by atoms with van der Waals surface area (Å²) < 4.78 is 5.52. The summed E-state index contributed by atoms with van der Waals surface area (Å²) in [6.45, 7) is 3.66. The van der Waals surface area contributed by atoms with Gasteiger partial charge in [-0.25, -0.2) is 4.79 Å². The third-order valence-electron chi connectivity index (χ3n) is 2.27. The smallest absolute Gasteiger partial charge is 0.312 e. The zero-order valence-electron chi connectivity index (χ0n) is 10.5. The molecule has 1 rings (SSSR count). The zero-order valence-corrected chi connectivity index (χ0v) is 10.5. The fourth-order valence-electron chi connectivity index (χ4n) is 1.42. The number of ether oxygens (including phenoxy) is 1. The first-order valence-electron chi connectivity index (χ1n) is 5.93. The van der Waals surface area contributed by atoms with Crippen LogP contribution in [0.25, 0.3) is 0 Å². The average Bonchev–Trinajstić information content (AvgIpc) is 2.34. The predicted molar refractivity (Wildman–Crippen MR) is 72.7 cm³/mol. The molecule has 0 aliphatic carbocycles. The van der Waals surface area contributed by atoms with Gasteiger partial charge in [0.25, 0.3) is 0 Å². The van der Waals surface area contributed by atoms with E-state index >= 15 is 0 Å². The van der Waals surface area contributed by atoms with Crippen molar-refractivity contribution in [3.63, 3.8) is 0 Å². The largest absolute Gasteiger partial charge is 0.491 e. The van der Waals surface area contributed by atoms with Gasteiger partial charge in [0.05, 0.1) is 18.0 Å². The molecule has 100 valence electrons. The maximum Gasteiger partial charge on any atom is 0.312 e. The fraction of sp³-hybridized carbons (Fsp3) is 0.417. The summed E-state index contributed by atoms with van der Waals surface area (Å²) in [6.07, 6.45) is 0.930. The molecule has 0 bridgehead atoms. The number of nitrogens with one attached hydrogen (secondary N) is 2. The van der Waals surface area contributed by atoms with Gasteiger partial charge in [0.2, 0.25) is 0 Å². The molecule has 0 aliphatic rings. The lowest BCUT2D eigenvalue weighted by Crippen LogP contribution is -2.33. The van der Waals surface area contributed by atoms with Crippen molar-refractivity contribution in [1.29, 1.82) is 0 Å². The number of para-hydroxylation sites is 1. The summed E-state index contributed by atoms with van der Waals surface area (Å²) in [4.78, 5) is 10.5. The molecule has 1 aromatic rings. The van der Waals surface area contributed by atoms with E-state index in [1.54, 1.807) is 0 Å². The van der Waals surface area contributed by atoms with E-state index in [4.69, 9.17) is 16.2 Å². The number of urea groups is 1. The molecule has 0 atom stereocenters. The molecule has 6 heteroatoms. The second-order valence-electron chi connectivity index (χ2n) is 3.78. The van der Waals surface area contributed by atoms with Gasteiger partial charge < -0.3 is 26.8 Å². The lowest BCUT2D eigenvalue weighted by atomic mass is 10.2. The minimum absolute atomic E-state index is 0.439. The van der Waals surface area contributed by atoms with Gasteiger partial charge in [-0.3, -0.25) is 0 Å². The van der Waals surface area contributed by atoms with Crippen molar-refractivity contribution in [3.8, 4) is 5.75 Å². The number of primary amides is 1. The molecular formula is C12H20N4O2. The Balaban J connectivity index is 2.52. The Morgan fingerprint density at radius 3 is 2.83 bits per heavy atom. The molecule has 0 aromatic heterocycles. The number of nitrogens with two attached hydrogens (primary N) is 2. The van der Waals surface area contributed by atoms with Crippen LogP contribution in [0.5, 0.6) is 5.75 Å². The fourth-order valence-corrected chi connectivity index (χ4v) is 1.42. The highest BCUT2D eigenvalue weighted by atomic mass is 16.5. The van der Waals surface area contributed by atoms with E-state index in [9.17, 15) is 4.79 Å². The van der Waals surface area contributed by atoms with E-state index in [1.807, 2.05) is 25.1 Å². The Labute approximate surface area is 107 Å². The van der Waals surface area contributed by atoms with E-state index in [2.05, 4.69) is 10.6 Å². The van der Waals surface area contributed by atoms with Gasteiger partial charge in [-0.1, -0.05) is 13.0 Å². The third-order valence-corrected chi connectivity index (χ3v) is 2.27. The summed E-state index contributed by atoms with van der Waals surface area (Å²) in [5.74, 6) is 0.671. The number of carbonyl (C=O) groups excluding carboxylic acids is 1. The van der Waals surface area contributed by atoms with Crippen LogP contribution in [-0.2, 0) is 0 Å². The lowest BCUT2D eigenvalue weighted by Gasteiger charge is -2.13. The number of benzene rings is 1. The number of carbonyl (C=O) groups is 1. The second-order valence-corrected chi connectivity index (χ2v) is 3.78. The van der Waals surface area contributed by atoms with Crippen molar-refractivity contribution < 1.29 is 9.53 Å². The van der Waals surface area contributed by atoms with E-state index in [0.29, 0.717) is 31.1 Å². The molecule has 6 N–H and O–H groups in total. The first-order valence-corrected chi connectivity index (χ1v) is 5.93. The number of nitrogen functional groups attached to an aromatic ring is 1.